The quantitative estimate of drug-likeness (QED) is 0.730. The van der Waals surface area contributed by atoms with Gasteiger partial charge in [0.15, 0.2) is 0 Å². The van der Waals surface area contributed by atoms with E-state index in [1.54, 1.807) is 6.92 Å². The first-order valence-electron chi connectivity index (χ1n) is 5.19. The van der Waals surface area contributed by atoms with E-state index in [0.717, 1.165) is 5.76 Å². The monoisotopic (exact) mass is 236 g/mol. The van der Waals surface area contributed by atoms with E-state index in [0.29, 0.717) is 12.3 Å². The first-order valence-corrected chi connectivity index (χ1v) is 5.19. The van der Waals surface area contributed by atoms with Gasteiger partial charge in [0.25, 0.3) is 5.82 Å². The van der Waals surface area contributed by atoms with E-state index in [-0.39, 0.29) is 12.4 Å². The van der Waals surface area contributed by atoms with Gasteiger partial charge in [-0.1, -0.05) is 0 Å². The second-order valence-corrected chi connectivity index (χ2v) is 3.39. The minimum atomic E-state index is -0.541. The van der Waals surface area contributed by atoms with Gasteiger partial charge in [-0.25, -0.2) is 9.48 Å². The van der Waals surface area contributed by atoms with Crippen molar-refractivity contribution in [1.82, 2.24) is 20.2 Å². The lowest BCUT2D eigenvalue weighted by Crippen LogP contribution is -2.15. The van der Waals surface area contributed by atoms with Crippen LogP contribution < -0.4 is 0 Å². The van der Waals surface area contributed by atoms with Gasteiger partial charge in [-0.15, -0.1) is 5.10 Å². The minimum Gasteiger partial charge on any atom is -0.464 e. The number of rotatable bonds is 4. The Labute approximate surface area is 97.4 Å². The number of nitrogens with zero attached hydrogens (tertiary/aromatic N) is 4. The largest absolute Gasteiger partial charge is 0.464 e. The molecule has 0 unspecified atom stereocenters. The Hall–Kier alpha value is -2.18. The van der Waals surface area contributed by atoms with E-state index in [2.05, 4.69) is 15.5 Å². The van der Waals surface area contributed by atoms with Crippen molar-refractivity contribution in [2.24, 2.45) is 0 Å². The highest BCUT2D eigenvalue weighted by molar-refractivity contribution is 5.85. The average Bonchev–Trinajstić information content (AvgIpc) is 2.89. The standard InChI is InChI=1S/C10H12N4O3/c1-3-16-10(15)9-11-12-13-14(9)6-8-5-4-7(2)17-8/h4-5H,3,6H2,1-2H3. The lowest BCUT2D eigenvalue weighted by molar-refractivity contribution is 0.0504. The molecule has 2 heterocycles. The van der Waals surface area contributed by atoms with Gasteiger partial charge >= 0.3 is 5.97 Å². The molecule has 0 aliphatic heterocycles. The predicted molar refractivity (Wildman–Crippen MR) is 56.3 cm³/mol. The number of ether oxygens (including phenoxy) is 1. The fourth-order valence-electron chi connectivity index (χ4n) is 1.37. The summed E-state index contributed by atoms with van der Waals surface area (Å²) in [5.74, 6) is 1.01. The summed E-state index contributed by atoms with van der Waals surface area (Å²) in [5.41, 5.74) is 0. The van der Waals surface area contributed by atoms with Crippen LogP contribution in [0.1, 0.15) is 29.1 Å². The first kappa shape index (κ1) is 11.3. The lowest BCUT2D eigenvalue weighted by atomic mass is 10.4. The number of hydrogen-bond donors (Lipinski definition) is 0. The number of esters is 1. The first-order chi connectivity index (χ1) is 8.20. The van der Waals surface area contributed by atoms with E-state index < -0.39 is 5.97 Å². The van der Waals surface area contributed by atoms with Gasteiger partial charge in [0.05, 0.1) is 6.61 Å². The summed E-state index contributed by atoms with van der Waals surface area (Å²) in [6.07, 6.45) is 0. The van der Waals surface area contributed by atoms with Gasteiger partial charge in [-0.2, -0.15) is 0 Å². The molecular weight excluding hydrogens is 224 g/mol. The molecular formula is C10H12N4O3. The molecule has 90 valence electrons. The Balaban J connectivity index is 2.16. The summed E-state index contributed by atoms with van der Waals surface area (Å²) in [7, 11) is 0. The predicted octanol–water partition coefficient (Wildman–Crippen LogP) is 0.800. The third-order valence-corrected chi connectivity index (χ3v) is 2.09. The van der Waals surface area contributed by atoms with Crippen LogP contribution in [0.25, 0.3) is 0 Å². The smallest absolute Gasteiger partial charge is 0.378 e. The van der Waals surface area contributed by atoms with Crippen LogP contribution in [0.15, 0.2) is 16.5 Å². The van der Waals surface area contributed by atoms with Crippen LogP contribution in [0.5, 0.6) is 0 Å². The van der Waals surface area contributed by atoms with E-state index in [1.165, 1.54) is 4.68 Å². The minimum absolute atomic E-state index is 0.0703. The molecule has 7 heteroatoms. The summed E-state index contributed by atoms with van der Waals surface area (Å²) in [4.78, 5) is 11.5. The van der Waals surface area contributed by atoms with Gasteiger partial charge in [-0.3, -0.25) is 0 Å². The molecule has 0 saturated heterocycles. The van der Waals surface area contributed by atoms with E-state index in [9.17, 15) is 4.79 Å². The third kappa shape index (κ3) is 2.49. The number of tetrazole rings is 1. The summed E-state index contributed by atoms with van der Waals surface area (Å²) >= 11 is 0. The molecule has 0 atom stereocenters. The Kier molecular flexibility index (Phi) is 3.17. The summed E-state index contributed by atoms with van der Waals surface area (Å²) < 4.78 is 11.6. The molecule has 7 nitrogen and oxygen atoms in total. The second kappa shape index (κ2) is 4.77. The highest BCUT2D eigenvalue weighted by Crippen LogP contribution is 2.08. The van der Waals surface area contributed by atoms with Crippen LogP contribution in [0.3, 0.4) is 0 Å². The number of carbonyl (C=O) groups excluding carboxylic acids is 1. The highest BCUT2D eigenvalue weighted by atomic mass is 16.5. The fraction of sp³-hybridized carbons (Fsp3) is 0.400. The Morgan fingerprint density at radius 3 is 3.00 bits per heavy atom. The van der Waals surface area contributed by atoms with Gasteiger partial charge in [0, 0.05) is 0 Å². The van der Waals surface area contributed by atoms with Crippen molar-refractivity contribution in [3.8, 4) is 0 Å². The molecule has 2 rings (SSSR count). The van der Waals surface area contributed by atoms with Gasteiger partial charge in [-0.05, 0) is 36.4 Å². The number of carbonyl (C=O) groups is 1. The molecule has 0 aliphatic rings. The lowest BCUT2D eigenvalue weighted by Gasteiger charge is -2.01. The van der Waals surface area contributed by atoms with Crippen molar-refractivity contribution in [2.75, 3.05) is 6.61 Å². The van der Waals surface area contributed by atoms with Gasteiger partial charge < -0.3 is 9.15 Å². The third-order valence-electron chi connectivity index (χ3n) is 2.09. The van der Waals surface area contributed by atoms with Crippen LogP contribution in [0.4, 0.5) is 0 Å². The molecule has 0 saturated carbocycles. The van der Waals surface area contributed by atoms with Crippen molar-refractivity contribution < 1.29 is 13.9 Å². The maximum Gasteiger partial charge on any atom is 0.378 e. The fourth-order valence-corrected chi connectivity index (χ4v) is 1.37. The van der Waals surface area contributed by atoms with Crippen molar-refractivity contribution in [3.63, 3.8) is 0 Å². The number of hydrogen-bond acceptors (Lipinski definition) is 6. The van der Waals surface area contributed by atoms with Crippen LogP contribution >= 0.6 is 0 Å². The van der Waals surface area contributed by atoms with Crippen molar-refractivity contribution in [1.29, 1.82) is 0 Å². The Bertz CT molecular complexity index is 517. The van der Waals surface area contributed by atoms with Crippen LogP contribution in [0, 0.1) is 6.92 Å². The topological polar surface area (TPSA) is 83.0 Å². The number of aryl methyl sites for hydroxylation is 1. The Morgan fingerprint density at radius 1 is 1.53 bits per heavy atom. The molecule has 2 aromatic rings. The molecule has 0 N–H and O–H groups in total. The molecule has 0 radical (unpaired) electrons. The highest BCUT2D eigenvalue weighted by Gasteiger charge is 2.17. The maximum absolute atomic E-state index is 11.5. The Morgan fingerprint density at radius 2 is 2.35 bits per heavy atom. The zero-order valence-corrected chi connectivity index (χ0v) is 9.58. The second-order valence-electron chi connectivity index (χ2n) is 3.39. The van der Waals surface area contributed by atoms with Gasteiger partial charge in [0.2, 0.25) is 0 Å². The van der Waals surface area contributed by atoms with Crippen molar-refractivity contribution >= 4 is 5.97 Å². The molecule has 0 spiro atoms. The molecule has 17 heavy (non-hydrogen) atoms. The number of furan rings is 1. The SMILES string of the molecule is CCOC(=O)c1nnnn1Cc1ccc(C)o1. The average molecular weight is 236 g/mol. The van der Waals surface area contributed by atoms with E-state index in [1.807, 2.05) is 19.1 Å². The van der Waals surface area contributed by atoms with Crippen LogP contribution in [-0.4, -0.2) is 32.8 Å². The summed E-state index contributed by atoms with van der Waals surface area (Å²) in [5, 5.41) is 10.8. The van der Waals surface area contributed by atoms with E-state index in [4.69, 9.17) is 9.15 Å². The zero-order valence-electron chi connectivity index (χ0n) is 9.58. The van der Waals surface area contributed by atoms with Crippen molar-refractivity contribution in [2.45, 2.75) is 20.4 Å². The van der Waals surface area contributed by atoms with E-state index >= 15 is 0 Å². The summed E-state index contributed by atoms with van der Waals surface area (Å²) in [6, 6.07) is 3.65. The molecule has 0 fully saturated rings. The van der Waals surface area contributed by atoms with Crippen LogP contribution in [-0.2, 0) is 11.3 Å². The molecule has 0 amide bonds. The number of aromatic nitrogens is 4. The summed E-state index contributed by atoms with van der Waals surface area (Å²) in [6.45, 7) is 4.15. The normalized spacial score (nSPS) is 10.5. The molecule has 0 aromatic carbocycles. The van der Waals surface area contributed by atoms with Crippen LogP contribution in [0.2, 0.25) is 0 Å². The molecule has 0 bridgehead atoms. The maximum atomic E-state index is 11.5. The molecule has 0 aliphatic carbocycles. The molecule has 2 aromatic heterocycles. The van der Waals surface area contributed by atoms with Gasteiger partial charge in [0.1, 0.15) is 18.1 Å². The zero-order chi connectivity index (χ0) is 12.3. The van der Waals surface area contributed by atoms with Crippen molar-refractivity contribution in [3.05, 3.63) is 29.5 Å².